The van der Waals surface area contributed by atoms with E-state index in [-0.39, 0.29) is 0 Å². The van der Waals surface area contributed by atoms with Gasteiger partial charge in [0.2, 0.25) is 0 Å². The number of rotatable bonds is 4. The number of hydrogen-bond acceptors (Lipinski definition) is 1. The van der Waals surface area contributed by atoms with Crippen molar-refractivity contribution >= 4 is 0 Å². The van der Waals surface area contributed by atoms with Gasteiger partial charge in [0.1, 0.15) is 5.75 Å². The lowest BCUT2D eigenvalue weighted by molar-refractivity contribution is 0.409. The molecule has 1 nitrogen and oxygen atoms in total. The number of hydrogen-bond donors (Lipinski definition) is 0. The van der Waals surface area contributed by atoms with Gasteiger partial charge >= 0.3 is 0 Å². The molecule has 76 valence electrons. The molecule has 1 rings (SSSR count). The summed E-state index contributed by atoms with van der Waals surface area (Å²) in [5.74, 6) is 1.37. The molecule has 0 aromatic heterocycles. The molecule has 0 N–H and O–H groups in total. The fourth-order valence-corrected chi connectivity index (χ4v) is 1.47. The van der Waals surface area contributed by atoms with Crippen LogP contribution in [0.15, 0.2) is 30.9 Å². The highest BCUT2D eigenvalue weighted by Gasteiger charge is 2.05. The molecule has 0 radical (unpaired) electrons. The summed E-state index contributed by atoms with van der Waals surface area (Å²) in [5, 5.41) is 0. The van der Waals surface area contributed by atoms with Crippen LogP contribution in [0.3, 0.4) is 0 Å². The molecule has 0 aliphatic carbocycles. The lowest BCUT2D eigenvalue weighted by atomic mass is 9.98. The Hall–Kier alpha value is -1.24. The van der Waals surface area contributed by atoms with E-state index in [1.807, 2.05) is 6.08 Å². The molecule has 0 saturated heterocycles. The second kappa shape index (κ2) is 4.85. The molecule has 1 heteroatoms. The fraction of sp³-hybridized carbons (Fsp3) is 0.385. The van der Waals surface area contributed by atoms with Crippen molar-refractivity contribution in [3.05, 3.63) is 42.0 Å². The molecule has 0 aliphatic heterocycles. The van der Waals surface area contributed by atoms with Crippen LogP contribution in [0.2, 0.25) is 0 Å². The van der Waals surface area contributed by atoms with Gasteiger partial charge in [-0.05, 0) is 29.5 Å². The average molecular weight is 190 g/mol. The first-order chi connectivity index (χ1) is 6.72. The van der Waals surface area contributed by atoms with Crippen molar-refractivity contribution in [1.82, 2.24) is 0 Å². The Morgan fingerprint density at radius 1 is 1.50 bits per heavy atom. The van der Waals surface area contributed by atoms with Crippen LogP contribution >= 0.6 is 0 Å². The van der Waals surface area contributed by atoms with Gasteiger partial charge in [-0.25, -0.2) is 0 Å². The Morgan fingerprint density at radius 2 is 2.21 bits per heavy atom. The van der Waals surface area contributed by atoms with Crippen molar-refractivity contribution in [3.63, 3.8) is 0 Å². The molecule has 0 fully saturated rings. The quantitative estimate of drug-likeness (QED) is 0.660. The molecular weight excluding hydrogens is 172 g/mol. The van der Waals surface area contributed by atoms with Gasteiger partial charge in [-0.1, -0.05) is 32.1 Å². The summed E-state index contributed by atoms with van der Waals surface area (Å²) >= 11 is 0. The minimum atomic E-state index is 0.384. The number of methoxy groups -OCH3 is 1. The first-order valence-corrected chi connectivity index (χ1v) is 5.02. The highest BCUT2D eigenvalue weighted by Crippen LogP contribution is 2.25. The third-order valence-electron chi connectivity index (χ3n) is 2.57. The van der Waals surface area contributed by atoms with E-state index in [4.69, 9.17) is 4.74 Å². The first kappa shape index (κ1) is 10.8. The van der Waals surface area contributed by atoms with E-state index < -0.39 is 0 Å². The maximum Gasteiger partial charge on any atom is 0.122 e. The van der Waals surface area contributed by atoms with Gasteiger partial charge in [0.15, 0.2) is 0 Å². The van der Waals surface area contributed by atoms with Crippen molar-refractivity contribution < 1.29 is 4.74 Å². The van der Waals surface area contributed by atoms with Crippen molar-refractivity contribution in [1.29, 1.82) is 0 Å². The Morgan fingerprint density at radius 3 is 2.71 bits per heavy atom. The minimum Gasteiger partial charge on any atom is -0.496 e. The SMILES string of the molecule is C=CC(C)c1ccc(CC)c(OC)c1. The van der Waals surface area contributed by atoms with Crippen LogP contribution in [-0.2, 0) is 6.42 Å². The molecule has 0 bridgehead atoms. The van der Waals surface area contributed by atoms with Crippen molar-refractivity contribution in [2.45, 2.75) is 26.2 Å². The molecule has 14 heavy (non-hydrogen) atoms. The van der Waals surface area contributed by atoms with Crippen LogP contribution in [0.5, 0.6) is 5.75 Å². The van der Waals surface area contributed by atoms with Crippen molar-refractivity contribution in [2.24, 2.45) is 0 Å². The van der Waals surface area contributed by atoms with E-state index in [2.05, 4.69) is 38.6 Å². The Labute approximate surface area is 86.4 Å². The van der Waals surface area contributed by atoms with Crippen LogP contribution in [0.4, 0.5) is 0 Å². The zero-order valence-electron chi connectivity index (χ0n) is 9.21. The second-order valence-electron chi connectivity index (χ2n) is 3.45. The maximum atomic E-state index is 5.34. The molecule has 1 atom stereocenters. The normalized spacial score (nSPS) is 12.2. The monoisotopic (exact) mass is 190 g/mol. The number of benzene rings is 1. The largest absolute Gasteiger partial charge is 0.496 e. The van der Waals surface area contributed by atoms with E-state index in [9.17, 15) is 0 Å². The molecule has 0 saturated carbocycles. The van der Waals surface area contributed by atoms with Crippen LogP contribution < -0.4 is 4.74 Å². The van der Waals surface area contributed by atoms with Crippen LogP contribution in [0, 0.1) is 0 Å². The summed E-state index contributed by atoms with van der Waals surface area (Å²) in [4.78, 5) is 0. The molecule has 1 unspecified atom stereocenters. The van der Waals surface area contributed by atoms with Gasteiger partial charge in [0.25, 0.3) is 0 Å². The van der Waals surface area contributed by atoms with E-state index in [0.29, 0.717) is 5.92 Å². The molecule has 0 aliphatic rings. The molecule has 1 aromatic rings. The van der Waals surface area contributed by atoms with Gasteiger partial charge in [0, 0.05) is 0 Å². The van der Waals surface area contributed by atoms with Crippen LogP contribution in [-0.4, -0.2) is 7.11 Å². The number of allylic oxidation sites excluding steroid dienone is 1. The van der Waals surface area contributed by atoms with Crippen molar-refractivity contribution in [3.8, 4) is 5.75 Å². The fourth-order valence-electron chi connectivity index (χ4n) is 1.47. The average Bonchev–Trinajstić information content (AvgIpc) is 2.26. The summed E-state index contributed by atoms with van der Waals surface area (Å²) in [7, 11) is 1.72. The number of ether oxygens (including phenoxy) is 1. The maximum absolute atomic E-state index is 5.34. The van der Waals surface area contributed by atoms with E-state index in [1.54, 1.807) is 7.11 Å². The molecule has 0 heterocycles. The molecular formula is C13H18O. The first-order valence-electron chi connectivity index (χ1n) is 5.02. The zero-order chi connectivity index (χ0) is 10.6. The Kier molecular flexibility index (Phi) is 3.75. The smallest absolute Gasteiger partial charge is 0.122 e. The van der Waals surface area contributed by atoms with Gasteiger partial charge in [-0.2, -0.15) is 0 Å². The third-order valence-corrected chi connectivity index (χ3v) is 2.57. The lowest BCUT2D eigenvalue weighted by Crippen LogP contribution is -1.94. The topological polar surface area (TPSA) is 9.23 Å². The van der Waals surface area contributed by atoms with E-state index in [1.165, 1.54) is 11.1 Å². The van der Waals surface area contributed by atoms with E-state index >= 15 is 0 Å². The molecule has 0 amide bonds. The lowest BCUT2D eigenvalue weighted by Gasteiger charge is -2.11. The molecule has 1 aromatic carbocycles. The van der Waals surface area contributed by atoms with Gasteiger partial charge < -0.3 is 4.74 Å². The zero-order valence-corrected chi connectivity index (χ0v) is 9.21. The van der Waals surface area contributed by atoms with E-state index in [0.717, 1.165) is 12.2 Å². The molecule has 0 spiro atoms. The van der Waals surface area contributed by atoms with Crippen LogP contribution in [0.25, 0.3) is 0 Å². The highest BCUT2D eigenvalue weighted by atomic mass is 16.5. The van der Waals surface area contributed by atoms with Gasteiger partial charge in [0.05, 0.1) is 7.11 Å². The Balaban J connectivity index is 3.06. The number of aryl methyl sites for hydroxylation is 1. The Bertz CT molecular complexity index is 315. The predicted octanol–water partition coefficient (Wildman–Crippen LogP) is 3.55. The second-order valence-corrected chi connectivity index (χ2v) is 3.45. The summed E-state index contributed by atoms with van der Waals surface area (Å²) in [6, 6.07) is 6.38. The summed E-state index contributed by atoms with van der Waals surface area (Å²) in [6.45, 7) is 8.06. The summed E-state index contributed by atoms with van der Waals surface area (Å²) in [5.41, 5.74) is 2.52. The summed E-state index contributed by atoms with van der Waals surface area (Å²) < 4.78 is 5.34. The summed E-state index contributed by atoms with van der Waals surface area (Å²) in [6.07, 6.45) is 2.95. The standard InChI is InChI=1S/C13H18O/c1-5-10(3)12-8-7-11(6-2)13(9-12)14-4/h5,7-10H,1,6H2,2-4H3. The predicted molar refractivity (Wildman–Crippen MR) is 61.0 cm³/mol. The van der Waals surface area contributed by atoms with Gasteiger partial charge in [-0.15, -0.1) is 6.58 Å². The highest BCUT2D eigenvalue weighted by molar-refractivity contribution is 5.39. The van der Waals surface area contributed by atoms with Crippen LogP contribution in [0.1, 0.15) is 30.9 Å². The van der Waals surface area contributed by atoms with Crippen molar-refractivity contribution in [2.75, 3.05) is 7.11 Å². The third kappa shape index (κ3) is 2.16. The van der Waals surface area contributed by atoms with Gasteiger partial charge in [-0.3, -0.25) is 0 Å². The minimum absolute atomic E-state index is 0.384.